The Bertz CT molecular complexity index is 415. The predicted octanol–water partition coefficient (Wildman–Crippen LogP) is 1.98. The van der Waals surface area contributed by atoms with E-state index in [-0.39, 0.29) is 17.3 Å². The first kappa shape index (κ1) is 14.5. The molecule has 8 heteroatoms. The van der Waals surface area contributed by atoms with Gasteiger partial charge < -0.3 is 10.6 Å². The van der Waals surface area contributed by atoms with Crippen molar-refractivity contribution in [2.24, 2.45) is 0 Å². The second-order valence-corrected chi connectivity index (χ2v) is 4.91. The van der Waals surface area contributed by atoms with Crippen molar-refractivity contribution in [3.05, 3.63) is 16.4 Å². The Morgan fingerprint density at radius 2 is 2.06 bits per heavy atom. The molecule has 1 unspecified atom stereocenters. The highest BCUT2D eigenvalue weighted by molar-refractivity contribution is 7.99. The summed E-state index contributed by atoms with van der Waals surface area (Å²) in [5, 5.41) is 17.3. The third-order valence-corrected chi connectivity index (χ3v) is 3.28. The Labute approximate surface area is 110 Å². The van der Waals surface area contributed by atoms with Crippen molar-refractivity contribution in [2.45, 2.75) is 19.1 Å². The van der Waals surface area contributed by atoms with E-state index in [0.717, 1.165) is 0 Å². The molecular weight excluding hydrogens is 254 g/mol. The van der Waals surface area contributed by atoms with Gasteiger partial charge in [-0.25, -0.2) is 9.97 Å². The van der Waals surface area contributed by atoms with Gasteiger partial charge in [0.05, 0.1) is 4.92 Å². The number of anilines is 2. The van der Waals surface area contributed by atoms with E-state index < -0.39 is 4.92 Å². The zero-order valence-corrected chi connectivity index (χ0v) is 11.5. The summed E-state index contributed by atoms with van der Waals surface area (Å²) < 4.78 is 0. The summed E-state index contributed by atoms with van der Waals surface area (Å²) in [6.07, 6.45) is 3.31. The Morgan fingerprint density at radius 1 is 1.44 bits per heavy atom. The van der Waals surface area contributed by atoms with Gasteiger partial charge in [0.15, 0.2) is 0 Å². The minimum absolute atomic E-state index is 0.104. The Kier molecular flexibility index (Phi) is 5.63. The van der Waals surface area contributed by atoms with E-state index in [9.17, 15) is 10.1 Å². The molecule has 100 valence electrons. The van der Waals surface area contributed by atoms with Crippen LogP contribution in [0.2, 0.25) is 0 Å². The van der Waals surface area contributed by atoms with Gasteiger partial charge in [-0.1, -0.05) is 6.92 Å². The third-order valence-electron chi connectivity index (χ3n) is 2.31. The smallest absolute Gasteiger partial charge is 0.353 e. The lowest BCUT2D eigenvalue weighted by atomic mass is 10.4. The lowest BCUT2D eigenvalue weighted by Crippen LogP contribution is -2.16. The molecule has 1 heterocycles. The molecule has 0 aliphatic carbocycles. The number of nitrogens with one attached hydrogen (secondary N) is 2. The predicted molar refractivity (Wildman–Crippen MR) is 74.3 cm³/mol. The van der Waals surface area contributed by atoms with E-state index >= 15 is 0 Å². The van der Waals surface area contributed by atoms with Crippen LogP contribution < -0.4 is 10.6 Å². The molecule has 1 atom stereocenters. The summed E-state index contributed by atoms with van der Waals surface area (Å²) in [5.74, 6) is 0.503. The van der Waals surface area contributed by atoms with Crippen LogP contribution in [0.5, 0.6) is 0 Å². The molecule has 0 bridgehead atoms. The molecule has 1 aromatic heterocycles. The lowest BCUT2D eigenvalue weighted by Gasteiger charge is -2.11. The standard InChI is InChI=1S/C10H17N5O2S/c1-4-11-9-8(15(16)17)10(14-6-13-9)12-5-7(2)18-3/h6-7H,4-5H2,1-3H3,(H2,11,12,13,14). The van der Waals surface area contributed by atoms with E-state index in [4.69, 9.17) is 0 Å². The van der Waals surface area contributed by atoms with Gasteiger partial charge >= 0.3 is 5.69 Å². The van der Waals surface area contributed by atoms with Crippen LogP contribution in [-0.2, 0) is 0 Å². The molecule has 0 saturated heterocycles. The van der Waals surface area contributed by atoms with Crippen molar-refractivity contribution in [3.8, 4) is 0 Å². The number of aromatic nitrogens is 2. The molecule has 2 N–H and O–H groups in total. The lowest BCUT2D eigenvalue weighted by molar-refractivity contribution is -0.383. The second kappa shape index (κ2) is 7.00. The summed E-state index contributed by atoms with van der Waals surface area (Å²) in [7, 11) is 0. The molecule has 0 aromatic carbocycles. The Balaban J connectivity index is 2.95. The number of nitro groups is 1. The monoisotopic (exact) mass is 271 g/mol. The first-order valence-electron chi connectivity index (χ1n) is 5.60. The van der Waals surface area contributed by atoms with Gasteiger partial charge in [0.25, 0.3) is 0 Å². The van der Waals surface area contributed by atoms with E-state index in [1.54, 1.807) is 11.8 Å². The van der Waals surface area contributed by atoms with Crippen LogP contribution in [0.15, 0.2) is 6.33 Å². The molecule has 0 fully saturated rings. The topological polar surface area (TPSA) is 93.0 Å². The molecule has 18 heavy (non-hydrogen) atoms. The fourth-order valence-electron chi connectivity index (χ4n) is 1.30. The average Bonchev–Trinajstić information content (AvgIpc) is 2.36. The number of rotatable bonds is 7. The number of thioether (sulfide) groups is 1. The first-order valence-corrected chi connectivity index (χ1v) is 6.88. The molecule has 0 spiro atoms. The quantitative estimate of drug-likeness (QED) is 0.578. The van der Waals surface area contributed by atoms with E-state index in [0.29, 0.717) is 18.3 Å². The SMILES string of the molecule is CCNc1ncnc(NCC(C)SC)c1[N+](=O)[O-]. The fraction of sp³-hybridized carbons (Fsp3) is 0.600. The zero-order chi connectivity index (χ0) is 13.5. The Hall–Kier alpha value is -1.57. The van der Waals surface area contributed by atoms with Crippen molar-refractivity contribution < 1.29 is 4.92 Å². The van der Waals surface area contributed by atoms with Gasteiger partial charge in [-0.2, -0.15) is 11.8 Å². The van der Waals surface area contributed by atoms with Crippen molar-refractivity contribution in [3.63, 3.8) is 0 Å². The van der Waals surface area contributed by atoms with Crippen LogP contribution in [0.25, 0.3) is 0 Å². The maximum atomic E-state index is 11.1. The van der Waals surface area contributed by atoms with Crippen LogP contribution in [0.4, 0.5) is 17.3 Å². The third kappa shape index (κ3) is 3.73. The minimum atomic E-state index is -0.468. The highest BCUT2D eigenvalue weighted by Crippen LogP contribution is 2.28. The van der Waals surface area contributed by atoms with Crippen molar-refractivity contribution >= 4 is 29.1 Å². The fourth-order valence-corrected chi connectivity index (χ4v) is 1.55. The average molecular weight is 271 g/mol. The van der Waals surface area contributed by atoms with Crippen molar-refractivity contribution in [1.29, 1.82) is 0 Å². The van der Waals surface area contributed by atoms with Crippen molar-refractivity contribution in [2.75, 3.05) is 30.0 Å². The zero-order valence-electron chi connectivity index (χ0n) is 10.6. The first-order chi connectivity index (χ1) is 8.60. The number of hydrogen-bond acceptors (Lipinski definition) is 7. The van der Waals surface area contributed by atoms with Gasteiger partial charge in [-0.3, -0.25) is 10.1 Å². The molecule has 0 amide bonds. The second-order valence-electron chi connectivity index (χ2n) is 3.63. The van der Waals surface area contributed by atoms with E-state index in [1.807, 2.05) is 20.1 Å². The number of nitrogens with zero attached hydrogens (tertiary/aromatic N) is 3. The molecule has 0 aliphatic rings. The van der Waals surface area contributed by atoms with Crippen LogP contribution in [0.1, 0.15) is 13.8 Å². The normalized spacial score (nSPS) is 11.9. The van der Waals surface area contributed by atoms with Crippen LogP contribution in [0, 0.1) is 10.1 Å². The summed E-state index contributed by atoms with van der Waals surface area (Å²) in [6, 6.07) is 0. The van der Waals surface area contributed by atoms with Gasteiger partial charge in [0.1, 0.15) is 6.33 Å². The Morgan fingerprint density at radius 3 is 2.56 bits per heavy atom. The van der Waals surface area contributed by atoms with Gasteiger partial charge in [0, 0.05) is 18.3 Å². The molecule has 1 aromatic rings. The van der Waals surface area contributed by atoms with E-state index in [1.165, 1.54) is 6.33 Å². The molecule has 7 nitrogen and oxygen atoms in total. The number of hydrogen-bond donors (Lipinski definition) is 2. The maximum absolute atomic E-state index is 11.1. The molecule has 0 saturated carbocycles. The molecular formula is C10H17N5O2S. The van der Waals surface area contributed by atoms with Crippen LogP contribution in [0.3, 0.4) is 0 Å². The molecule has 1 rings (SSSR count). The van der Waals surface area contributed by atoms with Gasteiger partial charge in [0.2, 0.25) is 11.6 Å². The van der Waals surface area contributed by atoms with Crippen LogP contribution in [-0.4, -0.2) is 39.5 Å². The van der Waals surface area contributed by atoms with Crippen molar-refractivity contribution in [1.82, 2.24) is 9.97 Å². The summed E-state index contributed by atoms with van der Waals surface area (Å²) in [5.41, 5.74) is -0.104. The summed E-state index contributed by atoms with van der Waals surface area (Å²) in [6.45, 7) is 5.08. The van der Waals surface area contributed by atoms with Gasteiger partial charge in [-0.15, -0.1) is 0 Å². The highest BCUT2D eigenvalue weighted by Gasteiger charge is 2.22. The van der Waals surface area contributed by atoms with Gasteiger partial charge in [-0.05, 0) is 13.2 Å². The maximum Gasteiger partial charge on any atom is 0.353 e. The minimum Gasteiger partial charge on any atom is -0.364 e. The summed E-state index contributed by atoms with van der Waals surface area (Å²) in [4.78, 5) is 18.4. The van der Waals surface area contributed by atoms with Crippen LogP contribution >= 0.6 is 11.8 Å². The molecule has 0 aliphatic heterocycles. The van der Waals surface area contributed by atoms with E-state index in [2.05, 4.69) is 20.6 Å². The molecule has 0 radical (unpaired) electrons. The largest absolute Gasteiger partial charge is 0.364 e. The highest BCUT2D eigenvalue weighted by atomic mass is 32.2. The summed E-state index contributed by atoms with van der Waals surface area (Å²) >= 11 is 1.68.